The summed E-state index contributed by atoms with van der Waals surface area (Å²) >= 11 is 1.66. The molecule has 1 aliphatic heterocycles. The standard InChI is InChI=1S/C18H25N3O3S/c1-22-14-8-7-13(17(23-2)18(14)24-3)15-11-19-16(25-15)12-20-21-9-5-4-6-10-21/h7-8,11,20H,4-6,9-10,12H2,1-3H3. The first-order chi connectivity index (χ1) is 12.3. The monoisotopic (exact) mass is 363 g/mol. The molecule has 136 valence electrons. The Balaban J connectivity index is 1.77. The summed E-state index contributed by atoms with van der Waals surface area (Å²) in [6.07, 6.45) is 5.75. The van der Waals surface area contributed by atoms with Gasteiger partial charge in [-0.3, -0.25) is 0 Å². The van der Waals surface area contributed by atoms with Gasteiger partial charge in [0, 0.05) is 24.8 Å². The van der Waals surface area contributed by atoms with Crippen molar-refractivity contribution in [3.8, 4) is 27.7 Å². The lowest BCUT2D eigenvalue weighted by atomic mass is 10.1. The maximum Gasteiger partial charge on any atom is 0.203 e. The van der Waals surface area contributed by atoms with Crippen molar-refractivity contribution in [2.24, 2.45) is 0 Å². The molecule has 0 aliphatic carbocycles. The second-order valence-electron chi connectivity index (χ2n) is 5.88. The number of nitrogens with zero attached hydrogens (tertiary/aromatic N) is 2. The Kier molecular flexibility index (Phi) is 6.12. The van der Waals surface area contributed by atoms with E-state index in [0.29, 0.717) is 17.2 Å². The number of nitrogens with one attached hydrogen (secondary N) is 1. The smallest absolute Gasteiger partial charge is 0.203 e. The van der Waals surface area contributed by atoms with Crippen LogP contribution in [0.5, 0.6) is 17.2 Å². The Bertz CT molecular complexity index is 699. The summed E-state index contributed by atoms with van der Waals surface area (Å²) in [5.41, 5.74) is 4.44. The molecule has 0 amide bonds. The summed E-state index contributed by atoms with van der Waals surface area (Å²) in [5.74, 6) is 1.92. The minimum absolute atomic E-state index is 0.601. The minimum atomic E-state index is 0.601. The second kappa shape index (κ2) is 8.51. The van der Waals surface area contributed by atoms with Crippen molar-refractivity contribution in [3.05, 3.63) is 23.3 Å². The van der Waals surface area contributed by atoms with E-state index in [2.05, 4.69) is 15.4 Å². The maximum absolute atomic E-state index is 5.58. The van der Waals surface area contributed by atoms with Crippen molar-refractivity contribution in [1.29, 1.82) is 0 Å². The molecule has 1 aromatic carbocycles. The predicted molar refractivity (Wildman–Crippen MR) is 99.5 cm³/mol. The predicted octanol–water partition coefficient (Wildman–Crippen LogP) is 3.33. The zero-order chi connectivity index (χ0) is 17.6. The SMILES string of the molecule is COc1ccc(-c2cnc(CNN3CCCCC3)s2)c(OC)c1OC. The fourth-order valence-corrected chi connectivity index (χ4v) is 3.92. The second-order valence-corrected chi connectivity index (χ2v) is 7.00. The van der Waals surface area contributed by atoms with Crippen LogP contribution in [0.4, 0.5) is 0 Å². The third-order valence-electron chi connectivity index (χ3n) is 4.33. The van der Waals surface area contributed by atoms with Gasteiger partial charge in [0.05, 0.1) is 32.8 Å². The average molecular weight is 363 g/mol. The van der Waals surface area contributed by atoms with Crippen LogP contribution in [0.3, 0.4) is 0 Å². The lowest BCUT2D eigenvalue weighted by Gasteiger charge is -2.26. The summed E-state index contributed by atoms with van der Waals surface area (Å²) in [5, 5.41) is 3.35. The average Bonchev–Trinajstić information content (AvgIpc) is 3.14. The molecule has 2 aromatic rings. The van der Waals surface area contributed by atoms with Crippen molar-refractivity contribution < 1.29 is 14.2 Å². The molecule has 0 radical (unpaired) electrons. The highest BCUT2D eigenvalue weighted by atomic mass is 32.1. The molecule has 7 heteroatoms. The van der Waals surface area contributed by atoms with Crippen molar-refractivity contribution >= 4 is 11.3 Å². The van der Waals surface area contributed by atoms with Gasteiger partial charge in [0.2, 0.25) is 5.75 Å². The number of rotatable bonds is 7. The number of hydrazine groups is 1. The van der Waals surface area contributed by atoms with Crippen LogP contribution in [0.1, 0.15) is 24.3 Å². The van der Waals surface area contributed by atoms with Gasteiger partial charge in [0.1, 0.15) is 5.01 Å². The third-order valence-corrected chi connectivity index (χ3v) is 5.36. The Labute approximate surface area is 152 Å². The summed E-state index contributed by atoms with van der Waals surface area (Å²) < 4.78 is 16.4. The topological polar surface area (TPSA) is 55.9 Å². The van der Waals surface area contributed by atoms with Crippen LogP contribution in [0.15, 0.2) is 18.3 Å². The molecule has 1 saturated heterocycles. The summed E-state index contributed by atoms with van der Waals surface area (Å²) in [4.78, 5) is 5.60. The van der Waals surface area contributed by atoms with E-state index in [4.69, 9.17) is 14.2 Å². The lowest BCUT2D eigenvalue weighted by molar-refractivity contribution is 0.151. The number of hydrogen-bond donors (Lipinski definition) is 1. The number of thiazole rings is 1. The molecule has 6 nitrogen and oxygen atoms in total. The largest absolute Gasteiger partial charge is 0.493 e. The van der Waals surface area contributed by atoms with Crippen LogP contribution >= 0.6 is 11.3 Å². The number of piperidine rings is 1. The van der Waals surface area contributed by atoms with Gasteiger partial charge in [-0.2, -0.15) is 0 Å². The molecule has 25 heavy (non-hydrogen) atoms. The first-order valence-corrected chi connectivity index (χ1v) is 9.31. The first-order valence-electron chi connectivity index (χ1n) is 8.49. The van der Waals surface area contributed by atoms with Crippen LogP contribution in [-0.2, 0) is 6.54 Å². The normalized spacial score (nSPS) is 15.2. The molecule has 0 saturated carbocycles. The van der Waals surface area contributed by atoms with Gasteiger partial charge in [0.25, 0.3) is 0 Å². The molecule has 1 fully saturated rings. The van der Waals surface area contributed by atoms with Gasteiger partial charge in [0.15, 0.2) is 11.5 Å². The highest BCUT2D eigenvalue weighted by Gasteiger charge is 2.19. The van der Waals surface area contributed by atoms with E-state index < -0.39 is 0 Å². The molecule has 1 N–H and O–H groups in total. The molecule has 0 bridgehead atoms. The Morgan fingerprint density at radius 3 is 2.48 bits per heavy atom. The highest BCUT2D eigenvalue weighted by molar-refractivity contribution is 7.15. The van der Waals surface area contributed by atoms with E-state index in [-0.39, 0.29) is 0 Å². The number of methoxy groups -OCH3 is 3. The van der Waals surface area contributed by atoms with E-state index in [1.807, 2.05) is 18.3 Å². The first kappa shape index (κ1) is 18.0. The minimum Gasteiger partial charge on any atom is -0.493 e. The Hall–Kier alpha value is -1.83. The molecule has 1 aliphatic rings. The van der Waals surface area contributed by atoms with E-state index in [1.54, 1.807) is 32.7 Å². The zero-order valence-corrected chi connectivity index (χ0v) is 15.8. The van der Waals surface area contributed by atoms with Crippen molar-refractivity contribution in [2.45, 2.75) is 25.8 Å². The molecular formula is C18H25N3O3S. The van der Waals surface area contributed by atoms with E-state index >= 15 is 0 Å². The highest BCUT2D eigenvalue weighted by Crippen LogP contribution is 2.45. The number of benzene rings is 1. The third kappa shape index (κ3) is 4.05. The van der Waals surface area contributed by atoms with Crippen LogP contribution in [0.25, 0.3) is 10.4 Å². The van der Waals surface area contributed by atoms with Crippen LogP contribution in [0.2, 0.25) is 0 Å². The van der Waals surface area contributed by atoms with Crippen molar-refractivity contribution in [2.75, 3.05) is 34.4 Å². The molecule has 0 atom stereocenters. The Morgan fingerprint density at radius 2 is 1.80 bits per heavy atom. The summed E-state index contributed by atoms with van der Waals surface area (Å²) in [6, 6.07) is 3.87. The van der Waals surface area contributed by atoms with Crippen molar-refractivity contribution in [1.82, 2.24) is 15.4 Å². The van der Waals surface area contributed by atoms with Crippen LogP contribution in [-0.4, -0.2) is 44.4 Å². The van der Waals surface area contributed by atoms with Crippen LogP contribution < -0.4 is 19.6 Å². The maximum atomic E-state index is 5.58. The fourth-order valence-electron chi connectivity index (χ4n) is 3.04. The molecule has 1 aromatic heterocycles. The van der Waals surface area contributed by atoms with Gasteiger partial charge in [-0.25, -0.2) is 15.4 Å². The summed E-state index contributed by atoms with van der Waals surface area (Å²) in [6.45, 7) is 2.98. The molecule has 2 heterocycles. The quantitative estimate of drug-likeness (QED) is 0.814. The van der Waals surface area contributed by atoms with E-state index in [9.17, 15) is 0 Å². The number of aromatic nitrogens is 1. The zero-order valence-electron chi connectivity index (χ0n) is 15.0. The lowest BCUT2D eigenvalue weighted by Crippen LogP contribution is -2.41. The number of ether oxygens (including phenoxy) is 3. The van der Waals surface area contributed by atoms with Gasteiger partial charge >= 0.3 is 0 Å². The summed E-state index contributed by atoms with van der Waals surface area (Å²) in [7, 11) is 4.87. The van der Waals surface area contributed by atoms with Crippen molar-refractivity contribution in [3.63, 3.8) is 0 Å². The van der Waals surface area contributed by atoms with Gasteiger partial charge < -0.3 is 14.2 Å². The van der Waals surface area contributed by atoms with Gasteiger partial charge in [-0.1, -0.05) is 6.42 Å². The van der Waals surface area contributed by atoms with Gasteiger partial charge in [-0.15, -0.1) is 11.3 Å². The van der Waals surface area contributed by atoms with E-state index in [0.717, 1.165) is 35.1 Å². The van der Waals surface area contributed by atoms with Gasteiger partial charge in [-0.05, 0) is 25.0 Å². The van der Waals surface area contributed by atoms with Crippen LogP contribution in [0, 0.1) is 0 Å². The molecule has 0 unspecified atom stereocenters. The van der Waals surface area contributed by atoms with E-state index in [1.165, 1.54) is 19.3 Å². The number of hydrogen-bond acceptors (Lipinski definition) is 7. The fraction of sp³-hybridized carbons (Fsp3) is 0.500. The molecule has 3 rings (SSSR count). The Morgan fingerprint density at radius 1 is 1.04 bits per heavy atom. The molecular weight excluding hydrogens is 338 g/mol. The molecule has 0 spiro atoms.